The first-order chi connectivity index (χ1) is 15.1. The van der Waals surface area contributed by atoms with Gasteiger partial charge in [0.2, 0.25) is 5.91 Å². The molecule has 0 atom stereocenters. The molecule has 1 saturated carbocycles. The van der Waals surface area contributed by atoms with E-state index < -0.39 is 0 Å². The van der Waals surface area contributed by atoms with Crippen LogP contribution in [0.4, 0.5) is 5.69 Å². The second-order valence-electron chi connectivity index (χ2n) is 8.30. The Hall–Kier alpha value is -2.12. The van der Waals surface area contributed by atoms with Gasteiger partial charge in [0.25, 0.3) is 0 Å². The van der Waals surface area contributed by atoms with Gasteiger partial charge in [0.05, 0.1) is 5.75 Å². The number of benzene rings is 1. The zero-order chi connectivity index (χ0) is 21.6. The number of thioether (sulfide) groups is 1. The highest BCUT2D eigenvalue weighted by molar-refractivity contribution is 7.99. The monoisotopic (exact) mass is 454 g/mol. The van der Waals surface area contributed by atoms with Gasteiger partial charge in [-0.25, -0.2) is 0 Å². The summed E-state index contributed by atoms with van der Waals surface area (Å²) in [5.74, 6) is 1.48. The number of amides is 1. The Balaban J connectivity index is 1.53. The Labute approximate surface area is 192 Å². The zero-order valence-electron chi connectivity index (χ0n) is 18.2. The van der Waals surface area contributed by atoms with Crippen molar-refractivity contribution in [2.75, 3.05) is 10.7 Å². The maximum Gasteiger partial charge on any atom is 0.237 e. The van der Waals surface area contributed by atoms with E-state index in [-0.39, 0.29) is 11.9 Å². The van der Waals surface area contributed by atoms with E-state index in [1.807, 2.05) is 35.2 Å². The molecule has 1 aliphatic carbocycles. The molecule has 3 aromatic rings. The number of para-hydroxylation sites is 1. The van der Waals surface area contributed by atoms with Crippen LogP contribution in [0.15, 0.2) is 53.0 Å². The highest BCUT2D eigenvalue weighted by Gasteiger charge is 2.25. The average molecular weight is 455 g/mol. The van der Waals surface area contributed by atoms with Crippen LogP contribution in [0.25, 0.3) is 0 Å². The Morgan fingerprint density at radius 2 is 1.90 bits per heavy atom. The van der Waals surface area contributed by atoms with Crippen molar-refractivity contribution in [3.05, 3.63) is 58.5 Å². The summed E-state index contributed by atoms with van der Waals surface area (Å²) in [5.41, 5.74) is 0.940. The fourth-order valence-corrected chi connectivity index (χ4v) is 5.90. The van der Waals surface area contributed by atoms with Crippen molar-refractivity contribution in [3.63, 3.8) is 0 Å². The Morgan fingerprint density at radius 3 is 2.58 bits per heavy atom. The van der Waals surface area contributed by atoms with Crippen LogP contribution in [0.2, 0.25) is 0 Å². The maximum absolute atomic E-state index is 13.2. The summed E-state index contributed by atoms with van der Waals surface area (Å²) in [7, 11) is 0. The van der Waals surface area contributed by atoms with E-state index in [2.05, 4.69) is 46.1 Å². The largest absolute Gasteiger partial charge is 0.309 e. The minimum Gasteiger partial charge on any atom is -0.309 e. The molecule has 0 bridgehead atoms. The van der Waals surface area contributed by atoms with Gasteiger partial charge < -0.3 is 9.47 Å². The van der Waals surface area contributed by atoms with Gasteiger partial charge in [-0.15, -0.1) is 21.5 Å². The molecule has 0 spiro atoms. The number of aromatic nitrogens is 3. The van der Waals surface area contributed by atoms with Gasteiger partial charge in [0.15, 0.2) is 5.16 Å². The first-order valence-corrected chi connectivity index (χ1v) is 13.0. The minimum absolute atomic E-state index is 0.0982. The summed E-state index contributed by atoms with van der Waals surface area (Å²) < 4.78 is 2.33. The van der Waals surface area contributed by atoms with Crippen LogP contribution in [0.3, 0.4) is 0 Å². The average Bonchev–Trinajstić information content (AvgIpc) is 3.44. The van der Waals surface area contributed by atoms with Crippen LogP contribution >= 0.6 is 23.1 Å². The van der Waals surface area contributed by atoms with Crippen LogP contribution in [0.5, 0.6) is 0 Å². The molecule has 31 heavy (non-hydrogen) atoms. The fourth-order valence-electron chi connectivity index (χ4n) is 4.32. The fraction of sp³-hybridized carbons (Fsp3) is 0.458. The van der Waals surface area contributed by atoms with Gasteiger partial charge in [-0.1, -0.05) is 55.3 Å². The molecule has 5 nitrogen and oxygen atoms in total. The van der Waals surface area contributed by atoms with Gasteiger partial charge in [0.1, 0.15) is 5.82 Å². The Bertz CT molecular complexity index is 963. The van der Waals surface area contributed by atoms with E-state index in [1.54, 1.807) is 11.3 Å². The summed E-state index contributed by atoms with van der Waals surface area (Å²) >= 11 is 3.28. The summed E-state index contributed by atoms with van der Waals surface area (Å²) in [6, 6.07) is 14.7. The van der Waals surface area contributed by atoms with Crippen molar-refractivity contribution in [3.8, 4) is 0 Å². The normalized spacial score (nSPS) is 14.8. The first-order valence-electron chi connectivity index (χ1n) is 11.1. The third-order valence-corrected chi connectivity index (χ3v) is 7.54. The molecule has 2 heterocycles. The second kappa shape index (κ2) is 10.5. The predicted molar refractivity (Wildman–Crippen MR) is 129 cm³/mol. The van der Waals surface area contributed by atoms with Gasteiger partial charge in [-0.05, 0) is 50.3 Å². The van der Waals surface area contributed by atoms with Crippen molar-refractivity contribution in [1.29, 1.82) is 0 Å². The molecule has 0 N–H and O–H groups in total. The third-order valence-electron chi connectivity index (χ3n) is 5.73. The summed E-state index contributed by atoms with van der Waals surface area (Å²) in [5, 5.41) is 12.1. The highest BCUT2D eigenvalue weighted by atomic mass is 32.2. The number of rotatable bonds is 8. The molecule has 1 fully saturated rings. The number of anilines is 1. The van der Waals surface area contributed by atoms with Crippen LogP contribution in [-0.2, 0) is 11.2 Å². The summed E-state index contributed by atoms with van der Waals surface area (Å²) in [6.45, 7) is 4.11. The lowest BCUT2D eigenvalue weighted by atomic mass is 9.95. The smallest absolute Gasteiger partial charge is 0.237 e. The molecule has 1 aromatic carbocycles. The Kier molecular flexibility index (Phi) is 7.45. The molecule has 0 aliphatic heterocycles. The lowest BCUT2D eigenvalue weighted by Crippen LogP contribution is -2.38. The standard InChI is InChI=1S/C24H30N4OS2/c1-18(2)27(19-10-5-3-6-11-19)23(29)17-31-24-26-25-22(16-21-14-9-15-30-21)28(24)20-12-7-4-8-13-20/h3,5-6,9-11,14-15,18,20H,4,7-8,12-13,16-17H2,1-2H3. The second-order valence-corrected chi connectivity index (χ2v) is 10.3. The van der Waals surface area contributed by atoms with Crippen LogP contribution in [-0.4, -0.2) is 32.5 Å². The van der Waals surface area contributed by atoms with E-state index >= 15 is 0 Å². The lowest BCUT2D eigenvalue weighted by molar-refractivity contribution is -0.116. The number of thiophene rings is 1. The van der Waals surface area contributed by atoms with Crippen molar-refractivity contribution < 1.29 is 4.79 Å². The third kappa shape index (κ3) is 5.39. The number of carbonyl (C=O) groups excluding carboxylic acids is 1. The molecular formula is C24H30N4OS2. The van der Waals surface area contributed by atoms with E-state index in [0.29, 0.717) is 11.8 Å². The lowest BCUT2D eigenvalue weighted by Gasteiger charge is -2.27. The molecular weight excluding hydrogens is 424 g/mol. The highest BCUT2D eigenvalue weighted by Crippen LogP contribution is 2.34. The van der Waals surface area contributed by atoms with Gasteiger partial charge in [-0.2, -0.15) is 0 Å². The molecule has 1 amide bonds. The molecule has 7 heteroatoms. The van der Waals surface area contributed by atoms with E-state index in [4.69, 9.17) is 0 Å². The molecule has 0 saturated heterocycles. The molecule has 164 valence electrons. The minimum atomic E-state index is 0.0982. The SMILES string of the molecule is CC(C)N(C(=O)CSc1nnc(Cc2cccs2)n1C1CCCCC1)c1ccccc1. The number of carbonyl (C=O) groups is 1. The topological polar surface area (TPSA) is 51.0 Å². The van der Waals surface area contributed by atoms with Crippen LogP contribution < -0.4 is 4.90 Å². The van der Waals surface area contributed by atoms with Crippen molar-refractivity contribution in [1.82, 2.24) is 14.8 Å². The van der Waals surface area contributed by atoms with Crippen molar-refractivity contribution in [2.45, 2.75) is 69.6 Å². The number of hydrogen-bond donors (Lipinski definition) is 0. The molecule has 1 aliphatic rings. The molecule has 0 radical (unpaired) electrons. The molecule has 2 aromatic heterocycles. The number of nitrogens with zero attached hydrogens (tertiary/aromatic N) is 4. The molecule has 0 unspecified atom stereocenters. The van der Waals surface area contributed by atoms with Crippen LogP contribution in [0.1, 0.15) is 62.7 Å². The quantitative estimate of drug-likeness (QED) is 0.394. The van der Waals surface area contributed by atoms with Crippen molar-refractivity contribution in [2.24, 2.45) is 0 Å². The molecule has 4 rings (SSSR count). The van der Waals surface area contributed by atoms with E-state index in [9.17, 15) is 4.79 Å². The van der Waals surface area contributed by atoms with Gasteiger partial charge in [-0.3, -0.25) is 4.79 Å². The summed E-state index contributed by atoms with van der Waals surface area (Å²) in [6.07, 6.45) is 6.94. The summed E-state index contributed by atoms with van der Waals surface area (Å²) in [4.78, 5) is 16.3. The predicted octanol–water partition coefficient (Wildman–Crippen LogP) is 5.97. The van der Waals surface area contributed by atoms with Crippen LogP contribution in [0, 0.1) is 0 Å². The Morgan fingerprint density at radius 1 is 1.13 bits per heavy atom. The number of hydrogen-bond acceptors (Lipinski definition) is 5. The maximum atomic E-state index is 13.2. The zero-order valence-corrected chi connectivity index (χ0v) is 19.9. The van der Waals surface area contributed by atoms with E-state index in [1.165, 1.54) is 48.7 Å². The first kappa shape index (κ1) is 22.1. The van der Waals surface area contributed by atoms with Gasteiger partial charge in [0, 0.05) is 29.1 Å². The van der Waals surface area contributed by atoms with Gasteiger partial charge >= 0.3 is 0 Å². The van der Waals surface area contributed by atoms with Crippen molar-refractivity contribution >= 4 is 34.7 Å². The van der Waals surface area contributed by atoms with E-state index in [0.717, 1.165) is 23.1 Å².